The van der Waals surface area contributed by atoms with Crippen molar-refractivity contribution in [2.75, 3.05) is 0 Å². The molecule has 0 unspecified atom stereocenters. The van der Waals surface area contributed by atoms with Crippen LogP contribution in [0, 0.1) is 6.07 Å². The number of alkyl halides is 2. The van der Waals surface area contributed by atoms with Crippen molar-refractivity contribution in [3.05, 3.63) is 35.9 Å². The van der Waals surface area contributed by atoms with Crippen molar-refractivity contribution in [2.24, 2.45) is 0 Å². The lowest BCUT2D eigenvalue weighted by atomic mass is 10.2. The van der Waals surface area contributed by atoms with Gasteiger partial charge < -0.3 is 0 Å². The van der Waals surface area contributed by atoms with Crippen molar-refractivity contribution in [3.8, 4) is 0 Å². The predicted molar refractivity (Wildman–Crippen MR) is 44.3 cm³/mol. The predicted octanol–water partition coefficient (Wildman–Crippen LogP) is 3.14. The summed E-state index contributed by atoms with van der Waals surface area (Å²) in [7, 11) is 0. The molecule has 0 amide bonds. The molecule has 1 radical (unpaired) electrons. The van der Waals surface area contributed by atoms with E-state index in [4.69, 9.17) is 23.2 Å². The lowest BCUT2D eigenvalue weighted by Gasteiger charge is -2.12. The maximum atomic E-state index is 5.81. The van der Waals surface area contributed by atoms with E-state index in [0.717, 1.165) is 5.56 Å². The first kappa shape index (κ1) is 7.90. The summed E-state index contributed by atoms with van der Waals surface area (Å²) in [6.07, 6.45) is 0. The minimum absolute atomic E-state index is 0.783. The Morgan fingerprint density at radius 1 is 1.30 bits per heavy atom. The van der Waals surface area contributed by atoms with Gasteiger partial charge in [-0.2, -0.15) is 0 Å². The minimum Gasteiger partial charge on any atom is -0.0966 e. The molecule has 1 rings (SSSR count). The first-order valence-electron chi connectivity index (χ1n) is 2.95. The summed E-state index contributed by atoms with van der Waals surface area (Å²) in [5.74, 6) is 0. The van der Waals surface area contributed by atoms with Crippen LogP contribution in [-0.2, 0) is 4.33 Å². The standard InChI is InChI=1S/C8H7Cl2/c1-8(9,10)7-5-3-2-4-6-7/h3-6H,1H3. The van der Waals surface area contributed by atoms with Gasteiger partial charge in [-0.3, -0.25) is 0 Å². The fourth-order valence-corrected chi connectivity index (χ4v) is 0.932. The van der Waals surface area contributed by atoms with Crippen LogP contribution in [0.4, 0.5) is 0 Å². The molecule has 0 aromatic heterocycles. The summed E-state index contributed by atoms with van der Waals surface area (Å²) in [5.41, 5.74) is 0.898. The molecule has 0 saturated heterocycles. The molecule has 0 N–H and O–H groups in total. The second-order valence-corrected chi connectivity index (χ2v) is 3.88. The first-order chi connectivity index (χ1) is 4.61. The van der Waals surface area contributed by atoms with Gasteiger partial charge in [-0.25, -0.2) is 0 Å². The normalized spacial score (nSPS) is 11.5. The maximum absolute atomic E-state index is 5.81. The van der Waals surface area contributed by atoms with Crippen LogP contribution in [0.5, 0.6) is 0 Å². The zero-order valence-electron chi connectivity index (χ0n) is 5.57. The fraction of sp³-hybridized carbons (Fsp3) is 0.250. The largest absolute Gasteiger partial charge is 0.140 e. The fourth-order valence-electron chi connectivity index (χ4n) is 0.680. The van der Waals surface area contributed by atoms with Gasteiger partial charge in [0, 0.05) is 0 Å². The molecule has 0 aliphatic carbocycles. The molecule has 0 spiro atoms. The second-order valence-electron chi connectivity index (χ2n) is 2.18. The Balaban J connectivity index is 2.97. The van der Waals surface area contributed by atoms with Crippen LogP contribution in [0.15, 0.2) is 24.3 Å². The summed E-state index contributed by atoms with van der Waals surface area (Å²) >= 11 is 11.6. The van der Waals surface area contributed by atoms with E-state index in [1.165, 1.54) is 0 Å². The molecule has 0 aliphatic heterocycles. The zero-order chi connectivity index (χ0) is 7.61. The average Bonchev–Trinajstić information content (AvgIpc) is 1.88. The molecular weight excluding hydrogens is 167 g/mol. The third-order valence-corrected chi connectivity index (χ3v) is 1.66. The van der Waals surface area contributed by atoms with Crippen molar-refractivity contribution in [1.29, 1.82) is 0 Å². The molecule has 0 nitrogen and oxygen atoms in total. The lowest BCUT2D eigenvalue weighted by molar-refractivity contribution is 0.977. The van der Waals surface area contributed by atoms with Gasteiger partial charge in [0.2, 0.25) is 0 Å². The zero-order valence-corrected chi connectivity index (χ0v) is 7.08. The van der Waals surface area contributed by atoms with Crippen LogP contribution in [0.3, 0.4) is 0 Å². The summed E-state index contributed by atoms with van der Waals surface area (Å²) in [5, 5.41) is 0. The lowest BCUT2D eigenvalue weighted by Crippen LogP contribution is -2.02. The Bertz CT molecular complexity index is 198. The van der Waals surface area contributed by atoms with Crippen molar-refractivity contribution in [3.63, 3.8) is 0 Å². The molecule has 0 saturated carbocycles. The number of hydrogen-bond acceptors (Lipinski definition) is 0. The molecule has 0 aliphatic rings. The van der Waals surface area contributed by atoms with Crippen LogP contribution in [0.1, 0.15) is 12.5 Å². The molecule has 0 atom stereocenters. The van der Waals surface area contributed by atoms with Crippen LogP contribution in [0.2, 0.25) is 0 Å². The number of rotatable bonds is 1. The smallest absolute Gasteiger partial charge is 0.0966 e. The molecule has 0 heterocycles. The van der Waals surface area contributed by atoms with Gasteiger partial charge >= 0.3 is 0 Å². The molecular formula is C8H7Cl2. The third kappa shape index (κ3) is 1.89. The molecule has 1 aromatic rings. The quantitative estimate of drug-likeness (QED) is 0.573. The summed E-state index contributed by atoms with van der Waals surface area (Å²) in [6.45, 7) is 1.74. The van der Waals surface area contributed by atoms with E-state index in [-0.39, 0.29) is 0 Å². The van der Waals surface area contributed by atoms with E-state index in [1.807, 2.05) is 12.1 Å². The highest BCUT2D eigenvalue weighted by atomic mass is 35.5. The molecule has 53 valence electrons. The van der Waals surface area contributed by atoms with E-state index in [1.54, 1.807) is 19.1 Å². The number of halogens is 2. The Labute approximate surface area is 70.8 Å². The van der Waals surface area contributed by atoms with Gasteiger partial charge in [-0.15, -0.1) is 0 Å². The summed E-state index contributed by atoms with van der Waals surface area (Å²) in [6, 6.07) is 10.2. The third-order valence-electron chi connectivity index (χ3n) is 1.23. The first-order valence-corrected chi connectivity index (χ1v) is 3.71. The molecule has 0 fully saturated rings. The van der Waals surface area contributed by atoms with Crippen LogP contribution in [0.25, 0.3) is 0 Å². The topological polar surface area (TPSA) is 0 Å². The van der Waals surface area contributed by atoms with Gasteiger partial charge in [0.25, 0.3) is 0 Å². The Kier molecular flexibility index (Phi) is 2.22. The second kappa shape index (κ2) is 2.81. The van der Waals surface area contributed by atoms with Crippen molar-refractivity contribution in [2.45, 2.75) is 11.3 Å². The summed E-state index contributed by atoms with van der Waals surface area (Å²) < 4.78 is -0.783. The van der Waals surface area contributed by atoms with Crippen LogP contribution >= 0.6 is 23.2 Å². The van der Waals surface area contributed by atoms with Gasteiger partial charge in [0.05, 0.1) is 0 Å². The van der Waals surface area contributed by atoms with Crippen LogP contribution < -0.4 is 0 Å². The van der Waals surface area contributed by atoms with Gasteiger partial charge in [0.15, 0.2) is 0 Å². The highest BCUT2D eigenvalue weighted by molar-refractivity contribution is 6.47. The summed E-state index contributed by atoms with van der Waals surface area (Å²) in [4.78, 5) is 0. The molecule has 10 heavy (non-hydrogen) atoms. The van der Waals surface area contributed by atoms with E-state index in [9.17, 15) is 0 Å². The van der Waals surface area contributed by atoms with Crippen LogP contribution in [-0.4, -0.2) is 0 Å². The van der Waals surface area contributed by atoms with E-state index in [0.29, 0.717) is 0 Å². The Hall–Kier alpha value is -0.200. The van der Waals surface area contributed by atoms with Crippen molar-refractivity contribution >= 4 is 23.2 Å². The van der Waals surface area contributed by atoms with Gasteiger partial charge in [-0.05, 0) is 18.6 Å². The Morgan fingerprint density at radius 2 is 1.80 bits per heavy atom. The number of hydrogen-bond donors (Lipinski definition) is 0. The van der Waals surface area contributed by atoms with Crippen molar-refractivity contribution in [1.82, 2.24) is 0 Å². The van der Waals surface area contributed by atoms with Gasteiger partial charge in [-0.1, -0.05) is 47.5 Å². The number of benzene rings is 1. The van der Waals surface area contributed by atoms with E-state index >= 15 is 0 Å². The SMILES string of the molecule is CC(Cl)(Cl)c1cc[c]cc1. The molecule has 0 bridgehead atoms. The van der Waals surface area contributed by atoms with Gasteiger partial charge in [0.1, 0.15) is 4.33 Å². The Morgan fingerprint density at radius 3 is 2.10 bits per heavy atom. The highest BCUT2D eigenvalue weighted by Crippen LogP contribution is 2.32. The minimum atomic E-state index is -0.783. The molecule has 2 heteroatoms. The average molecular weight is 174 g/mol. The molecule has 1 aromatic carbocycles. The highest BCUT2D eigenvalue weighted by Gasteiger charge is 2.17. The maximum Gasteiger partial charge on any atom is 0.140 e. The van der Waals surface area contributed by atoms with E-state index < -0.39 is 4.33 Å². The van der Waals surface area contributed by atoms with Crippen molar-refractivity contribution < 1.29 is 0 Å². The monoisotopic (exact) mass is 173 g/mol. The van der Waals surface area contributed by atoms with E-state index in [2.05, 4.69) is 6.07 Å².